The molecule has 0 atom stereocenters. The maximum atomic E-state index is 13.3. The summed E-state index contributed by atoms with van der Waals surface area (Å²) < 4.78 is 62.2. The Labute approximate surface area is 536 Å². The fourth-order valence-corrected chi connectivity index (χ4v) is 10.2. The maximum Gasteiger partial charge on any atom is 0.287 e. The van der Waals surface area contributed by atoms with Gasteiger partial charge in [0.1, 0.15) is 66.7 Å². The second kappa shape index (κ2) is 32.4. The Morgan fingerprint density at radius 3 is 1.13 bits per heavy atom. The first-order valence-corrected chi connectivity index (χ1v) is 30.1. The maximum absolute atomic E-state index is 13.3. The minimum absolute atomic E-state index is 0.0292. The molecule has 0 N–H and O–H groups in total. The van der Waals surface area contributed by atoms with Crippen molar-refractivity contribution < 1.29 is 51.3 Å². The number of nitrogens with zero attached hydrogens (tertiary/aromatic N) is 12. The molecule has 0 bridgehead atoms. The molecule has 20 nitrogen and oxygen atoms in total. The van der Waals surface area contributed by atoms with E-state index in [2.05, 4.69) is 59.8 Å². The largest absolute Gasteiger partial charge is 0.454 e. The average Bonchev–Trinajstić information content (AvgIpc) is 2.26. The Morgan fingerprint density at radius 1 is 0.424 bits per heavy atom. The summed E-state index contributed by atoms with van der Waals surface area (Å²) in [6, 6.07) is 26.1. The summed E-state index contributed by atoms with van der Waals surface area (Å²) >= 11 is 3.41. The normalized spacial score (nSPS) is 10.6. The number of ether oxygens (including phenoxy) is 4. The van der Waals surface area contributed by atoms with Gasteiger partial charge in [-0.1, -0.05) is 17.4 Å². The van der Waals surface area contributed by atoms with E-state index in [-0.39, 0.29) is 59.6 Å². The first-order chi connectivity index (χ1) is 44.5. The summed E-state index contributed by atoms with van der Waals surface area (Å²) in [6.07, 6.45) is 27.1. The van der Waals surface area contributed by atoms with E-state index in [0.29, 0.717) is 84.0 Å². The number of rotatable bonds is 21. The summed E-state index contributed by atoms with van der Waals surface area (Å²) in [5.74, 6) is 0.534. The van der Waals surface area contributed by atoms with Gasteiger partial charge in [-0.25, -0.2) is 15.0 Å². The summed E-state index contributed by atoms with van der Waals surface area (Å²) in [5, 5.41) is 4.43. The lowest BCUT2D eigenvalue weighted by Crippen LogP contribution is -2.09. The van der Waals surface area contributed by atoms with Gasteiger partial charge in [0, 0.05) is 107 Å². The lowest BCUT2D eigenvalue weighted by atomic mass is 10.1. The van der Waals surface area contributed by atoms with Crippen molar-refractivity contribution in [3.8, 4) is 46.0 Å². The molecule has 0 aliphatic rings. The zero-order valence-corrected chi connectivity index (χ0v) is 51.4. The van der Waals surface area contributed by atoms with Crippen molar-refractivity contribution in [2.75, 3.05) is 0 Å². The molecule has 12 heterocycles. The smallest absolute Gasteiger partial charge is 0.287 e. The highest BCUT2D eigenvalue weighted by atomic mass is 32.1. The van der Waals surface area contributed by atoms with Crippen molar-refractivity contribution in [3.63, 3.8) is 0 Å². The van der Waals surface area contributed by atoms with Crippen molar-refractivity contribution in [2.24, 2.45) is 0 Å². The van der Waals surface area contributed by atoms with Gasteiger partial charge in [0.15, 0.2) is 28.3 Å². The van der Waals surface area contributed by atoms with Gasteiger partial charge in [-0.2, -0.15) is 13.2 Å². The van der Waals surface area contributed by atoms with Crippen molar-refractivity contribution in [2.45, 2.75) is 52.4 Å². The number of aromatic nitrogens is 12. The van der Waals surface area contributed by atoms with E-state index >= 15 is 0 Å². The first-order valence-electron chi connectivity index (χ1n) is 27.5. The standard InChI is InChI=1S/C17H13F2N3O2S.C17H13N3O2.C16H12FN3O2S.C16H13N3O2S/c1-17(18,19)15-10-25-16(22-15)6-14(23)11-5-13(9-21-7-11)24-12-3-2-4-20-8-12;21-17(9-14-4-1-2-7-20-14)13-8-16(12-19-10-13)22-15-5-3-6-18-11-15;1-10-16(17)23-15(20-10)6-14(21)11-5-13(9-19-7-11)22-12-3-2-4-18-8-12;1-11-10-22-16(19-11)6-15(20)12-5-14(9-18-7-12)21-13-3-2-4-17-8-13/h2-5,7-10H,6H2,1H3;1-8,10-12H,9H2;2-5,7-9H,6H2,1H3;2-5,7-10H,6H2,1H3. The molecule has 0 fully saturated rings. The van der Waals surface area contributed by atoms with Crippen LogP contribution in [-0.4, -0.2) is 82.9 Å². The van der Waals surface area contributed by atoms with Crippen LogP contribution >= 0.6 is 34.0 Å². The molecule has 0 spiro atoms. The zero-order valence-electron chi connectivity index (χ0n) is 48.9. The molecule has 0 aromatic carbocycles. The van der Waals surface area contributed by atoms with E-state index in [1.165, 1.54) is 53.9 Å². The molecule has 12 aromatic rings. The van der Waals surface area contributed by atoms with Crippen LogP contribution in [0.5, 0.6) is 46.0 Å². The van der Waals surface area contributed by atoms with Gasteiger partial charge in [0.2, 0.25) is 0 Å². The van der Waals surface area contributed by atoms with Gasteiger partial charge in [-0.05, 0) is 98.8 Å². The molecule has 0 unspecified atom stereocenters. The van der Waals surface area contributed by atoms with E-state index in [1.54, 1.807) is 148 Å². The number of Topliss-reactive ketones (excluding diaryl/α,β-unsaturated/α-hetero) is 4. The number of carbonyl (C=O) groups excluding carboxylic acids is 4. The SMILES string of the molecule is CC(F)(F)c1csc(CC(=O)c2cncc(Oc3cccnc3)c2)n1.Cc1csc(CC(=O)c2cncc(Oc3cccnc3)c2)n1.Cc1nc(CC(=O)c2cncc(Oc3cccnc3)c2)sc1F.O=C(Cc1ccccn1)c1cncc(Oc2cccnc2)c1. The van der Waals surface area contributed by atoms with E-state index in [1.807, 2.05) is 30.5 Å². The van der Waals surface area contributed by atoms with E-state index in [9.17, 15) is 32.3 Å². The van der Waals surface area contributed by atoms with Crippen molar-refractivity contribution in [1.29, 1.82) is 0 Å². The molecule has 0 saturated heterocycles. The monoisotopic (exact) mass is 1290 g/mol. The molecular weight excluding hydrogens is 1240 g/mol. The van der Waals surface area contributed by atoms with Crippen molar-refractivity contribution in [1.82, 2.24) is 59.8 Å². The molecule has 26 heteroatoms. The van der Waals surface area contributed by atoms with Gasteiger partial charge in [0.05, 0.1) is 81.0 Å². The number of alkyl halides is 2. The Hall–Kier alpha value is -11.1. The van der Waals surface area contributed by atoms with Crippen LogP contribution in [0.15, 0.2) is 207 Å². The number of ketones is 4. The van der Waals surface area contributed by atoms with Crippen LogP contribution in [0.1, 0.15) is 86.2 Å². The quantitative estimate of drug-likeness (QED) is 0.0605. The third-order valence-electron chi connectivity index (χ3n) is 12.1. The second-order valence-corrected chi connectivity index (χ2v) is 22.3. The Morgan fingerprint density at radius 2 is 0.804 bits per heavy atom. The van der Waals surface area contributed by atoms with Crippen LogP contribution in [0.3, 0.4) is 0 Å². The van der Waals surface area contributed by atoms with Gasteiger partial charge >= 0.3 is 0 Å². The second-order valence-electron chi connectivity index (χ2n) is 19.4. The van der Waals surface area contributed by atoms with Gasteiger partial charge in [-0.15, -0.1) is 22.7 Å². The molecular formula is C66H51F3N12O8S3. The topological polar surface area (TPSA) is 260 Å². The Bertz CT molecular complexity index is 4360. The summed E-state index contributed by atoms with van der Waals surface area (Å²) in [4.78, 5) is 97.4. The van der Waals surface area contributed by atoms with Crippen LogP contribution in [0.2, 0.25) is 0 Å². The number of aryl methyl sites for hydroxylation is 2. The van der Waals surface area contributed by atoms with Gasteiger partial charge in [0.25, 0.3) is 5.92 Å². The number of hydrogen-bond acceptors (Lipinski definition) is 23. The number of pyridine rings is 9. The number of hydrogen-bond donors (Lipinski definition) is 0. The van der Waals surface area contributed by atoms with Crippen LogP contribution in [0.4, 0.5) is 13.2 Å². The lowest BCUT2D eigenvalue weighted by Gasteiger charge is -2.06. The lowest BCUT2D eigenvalue weighted by molar-refractivity contribution is 0.0132. The third kappa shape index (κ3) is 20.5. The molecule has 462 valence electrons. The van der Waals surface area contributed by atoms with Crippen LogP contribution in [0, 0.1) is 19.0 Å². The highest BCUT2D eigenvalue weighted by Crippen LogP contribution is 2.30. The van der Waals surface area contributed by atoms with E-state index < -0.39 is 5.92 Å². The van der Waals surface area contributed by atoms with Crippen LogP contribution in [0.25, 0.3) is 0 Å². The average molecular weight is 1290 g/mol. The van der Waals surface area contributed by atoms with Crippen LogP contribution in [-0.2, 0) is 31.6 Å². The minimum atomic E-state index is -3.02. The Kier molecular flexibility index (Phi) is 23.0. The molecule has 0 amide bonds. The summed E-state index contributed by atoms with van der Waals surface area (Å²) in [5.41, 5.74) is 3.35. The van der Waals surface area contributed by atoms with E-state index in [4.69, 9.17) is 18.9 Å². The predicted molar refractivity (Wildman–Crippen MR) is 336 cm³/mol. The summed E-state index contributed by atoms with van der Waals surface area (Å²) in [6.45, 7) is 4.26. The molecule has 0 radical (unpaired) electrons. The first kappa shape index (κ1) is 65.4. The zero-order chi connectivity index (χ0) is 64.7. The molecule has 92 heavy (non-hydrogen) atoms. The fourth-order valence-electron chi connectivity index (χ4n) is 7.75. The Balaban J connectivity index is 0.000000145. The van der Waals surface area contributed by atoms with E-state index in [0.717, 1.165) is 46.0 Å². The highest BCUT2D eigenvalue weighted by Gasteiger charge is 2.28. The van der Waals surface area contributed by atoms with Crippen LogP contribution < -0.4 is 18.9 Å². The highest BCUT2D eigenvalue weighted by molar-refractivity contribution is 7.10. The predicted octanol–water partition coefficient (Wildman–Crippen LogP) is 14.4. The summed E-state index contributed by atoms with van der Waals surface area (Å²) in [7, 11) is 0. The molecule has 0 aliphatic carbocycles. The number of halogens is 3. The molecule has 0 saturated carbocycles. The minimum Gasteiger partial charge on any atom is -0.454 e. The van der Waals surface area contributed by atoms with Gasteiger partial charge in [-0.3, -0.25) is 64.0 Å². The number of carbonyl (C=O) groups is 4. The van der Waals surface area contributed by atoms with Gasteiger partial charge < -0.3 is 18.9 Å². The molecule has 0 aliphatic heterocycles. The van der Waals surface area contributed by atoms with Crippen molar-refractivity contribution in [3.05, 3.63) is 272 Å². The third-order valence-corrected chi connectivity index (χ3v) is 14.8. The van der Waals surface area contributed by atoms with Crippen molar-refractivity contribution >= 4 is 57.1 Å². The fraction of sp³-hybridized carbons (Fsp3) is 0.121. The molecule has 12 rings (SSSR count). The number of thiazole rings is 3. The molecule has 12 aromatic heterocycles.